The molecule has 3 heterocycles. The topological polar surface area (TPSA) is 61.7 Å². The van der Waals surface area contributed by atoms with Gasteiger partial charge in [-0.15, -0.1) is 0 Å². The lowest BCUT2D eigenvalue weighted by atomic mass is 10.0. The van der Waals surface area contributed by atoms with Gasteiger partial charge in [0, 0.05) is 45.0 Å². The Bertz CT molecular complexity index is 1030. The van der Waals surface area contributed by atoms with Crippen LogP contribution in [0.2, 0.25) is 5.02 Å². The van der Waals surface area contributed by atoms with E-state index in [9.17, 15) is 9.59 Å². The number of piperazine rings is 1. The first-order valence-corrected chi connectivity index (χ1v) is 11.6. The van der Waals surface area contributed by atoms with Crippen LogP contribution in [0, 0.1) is 5.92 Å². The number of amides is 1. The van der Waals surface area contributed by atoms with E-state index in [2.05, 4.69) is 21.0 Å². The molecule has 164 valence electrons. The molecule has 1 saturated carbocycles. The summed E-state index contributed by atoms with van der Waals surface area (Å²) in [5.74, 6) is 0.725. The van der Waals surface area contributed by atoms with Crippen LogP contribution in [0.1, 0.15) is 24.8 Å². The quantitative estimate of drug-likeness (QED) is 0.713. The van der Waals surface area contributed by atoms with Crippen molar-refractivity contribution in [2.24, 2.45) is 5.92 Å². The number of halogens is 1. The molecule has 0 unspecified atom stereocenters. The Balaban J connectivity index is 1.20. The predicted molar refractivity (Wildman–Crippen MR) is 122 cm³/mol. The Kier molecular flexibility index (Phi) is 5.71. The first-order chi connectivity index (χ1) is 15.1. The number of carbonyl (C=O) groups is 1. The number of aromatic nitrogens is 2. The molecule has 31 heavy (non-hydrogen) atoms. The van der Waals surface area contributed by atoms with E-state index in [-0.39, 0.29) is 16.5 Å². The van der Waals surface area contributed by atoms with Crippen LogP contribution in [-0.2, 0) is 17.8 Å². The molecule has 1 amide bonds. The minimum Gasteiger partial charge on any atom is -0.366 e. The zero-order chi connectivity index (χ0) is 21.4. The molecule has 2 aromatic rings. The summed E-state index contributed by atoms with van der Waals surface area (Å²) < 4.78 is 1.49. The molecular formula is C23H28ClN5O2. The van der Waals surface area contributed by atoms with Crippen molar-refractivity contribution in [1.82, 2.24) is 14.7 Å². The first-order valence-electron chi connectivity index (χ1n) is 11.2. The third-order valence-electron chi connectivity index (χ3n) is 6.58. The first kappa shape index (κ1) is 20.5. The Morgan fingerprint density at radius 3 is 2.61 bits per heavy atom. The standard InChI is InChI=1S/C23H28ClN5O2/c24-22-20(14-25-29(23(22)31)15-17-7-8-17)27-12-10-26(11-13-27)16-21(30)28-9-3-5-18-4-1-2-6-19(18)28/h1-2,4,6,14,17H,3,5,7-13,15-16H2. The van der Waals surface area contributed by atoms with E-state index in [0.717, 1.165) is 64.1 Å². The number of carbonyl (C=O) groups excluding carboxylic acids is 1. The molecule has 0 atom stereocenters. The summed E-state index contributed by atoms with van der Waals surface area (Å²) in [6.07, 6.45) is 6.09. The van der Waals surface area contributed by atoms with Gasteiger partial charge in [-0.25, -0.2) is 4.68 Å². The van der Waals surface area contributed by atoms with E-state index in [0.29, 0.717) is 24.7 Å². The lowest BCUT2D eigenvalue weighted by Crippen LogP contribution is -2.51. The zero-order valence-electron chi connectivity index (χ0n) is 17.7. The number of rotatable bonds is 5. The Hall–Kier alpha value is -2.38. The van der Waals surface area contributed by atoms with Gasteiger partial charge in [-0.05, 0) is 43.2 Å². The molecule has 0 radical (unpaired) electrons. The summed E-state index contributed by atoms with van der Waals surface area (Å²) in [6.45, 7) is 4.81. The number of hydrogen-bond acceptors (Lipinski definition) is 5. The number of benzene rings is 1. The normalized spacial score (nSPS) is 19.4. The minimum absolute atomic E-state index is 0.156. The average molecular weight is 442 g/mol. The van der Waals surface area contributed by atoms with Crippen molar-refractivity contribution in [3.63, 3.8) is 0 Å². The van der Waals surface area contributed by atoms with Gasteiger partial charge in [0.2, 0.25) is 5.91 Å². The fourth-order valence-corrected chi connectivity index (χ4v) is 4.83. The van der Waals surface area contributed by atoms with Gasteiger partial charge in [-0.3, -0.25) is 14.5 Å². The molecule has 2 fully saturated rings. The molecule has 3 aliphatic rings. The number of hydrogen-bond donors (Lipinski definition) is 0. The Morgan fingerprint density at radius 1 is 1.06 bits per heavy atom. The van der Waals surface area contributed by atoms with Crippen LogP contribution in [0.15, 0.2) is 35.3 Å². The monoisotopic (exact) mass is 441 g/mol. The molecule has 1 aromatic heterocycles. The Labute approximate surface area is 187 Å². The largest absolute Gasteiger partial charge is 0.366 e. The number of para-hydroxylation sites is 1. The summed E-state index contributed by atoms with van der Waals surface area (Å²) in [7, 11) is 0. The number of aryl methyl sites for hydroxylation is 1. The van der Waals surface area contributed by atoms with Crippen LogP contribution < -0.4 is 15.4 Å². The Morgan fingerprint density at radius 2 is 1.84 bits per heavy atom. The van der Waals surface area contributed by atoms with E-state index in [1.807, 2.05) is 23.1 Å². The van der Waals surface area contributed by atoms with Crippen LogP contribution in [0.5, 0.6) is 0 Å². The van der Waals surface area contributed by atoms with Gasteiger partial charge in [0.25, 0.3) is 5.56 Å². The SMILES string of the molecule is O=C(CN1CCN(c2cnn(CC3CC3)c(=O)c2Cl)CC1)N1CCCc2ccccc21. The molecule has 0 spiro atoms. The summed E-state index contributed by atoms with van der Waals surface area (Å²) >= 11 is 6.42. The van der Waals surface area contributed by atoms with Gasteiger partial charge >= 0.3 is 0 Å². The molecule has 7 nitrogen and oxygen atoms in total. The van der Waals surface area contributed by atoms with Crippen LogP contribution in [0.3, 0.4) is 0 Å². The van der Waals surface area contributed by atoms with E-state index in [1.165, 1.54) is 10.2 Å². The van der Waals surface area contributed by atoms with Gasteiger partial charge in [0.1, 0.15) is 5.02 Å². The second-order valence-corrected chi connectivity index (χ2v) is 9.19. The number of nitrogens with zero attached hydrogens (tertiary/aromatic N) is 5. The van der Waals surface area contributed by atoms with Crippen LogP contribution in [0.4, 0.5) is 11.4 Å². The van der Waals surface area contributed by atoms with E-state index >= 15 is 0 Å². The summed E-state index contributed by atoms with van der Waals surface area (Å²) in [5, 5.41) is 4.60. The van der Waals surface area contributed by atoms with Gasteiger partial charge < -0.3 is 9.80 Å². The van der Waals surface area contributed by atoms with Crippen LogP contribution >= 0.6 is 11.6 Å². The van der Waals surface area contributed by atoms with E-state index < -0.39 is 0 Å². The third-order valence-corrected chi connectivity index (χ3v) is 6.93. The molecule has 0 bridgehead atoms. The highest BCUT2D eigenvalue weighted by Gasteiger charge is 2.27. The van der Waals surface area contributed by atoms with Crippen LogP contribution in [0.25, 0.3) is 0 Å². The molecule has 1 aromatic carbocycles. The highest BCUT2D eigenvalue weighted by atomic mass is 35.5. The lowest BCUT2D eigenvalue weighted by Gasteiger charge is -2.37. The van der Waals surface area contributed by atoms with Gasteiger partial charge in [-0.2, -0.15) is 5.10 Å². The maximum Gasteiger partial charge on any atom is 0.287 e. The van der Waals surface area contributed by atoms with Crippen molar-refractivity contribution in [2.75, 3.05) is 49.1 Å². The fraction of sp³-hybridized carbons (Fsp3) is 0.522. The molecule has 2 aliphatic heterocycles. The van der Waals surface area contributed by atoms with Gasteiger partial charge in [-0.1, -0.05) is 29.8 Å². The van der Waals surface area contributed by atoms with Crippen molar-refractivity contribution >= 4 is 28.9 Å². The van der Waals surface area contributed by atoms with Crippen molar-refractivity contribution in [2.45, 2.75) is 32.2 Å². The molecule has 8 heteroatoms. The average Bonchev–Trinajstić information content (AvgIpc) is 3.61. The number of anilines is 2. The van der Waals surface area contributed by atoms with E-state index in [1.54, 1.807) is 6.20 Å². The highest BCUT2D eigenvalue weighted by Crippen LogP contribution is 2.30. The van der Waals surface area contributed by atoms with Crippen molar-refractivity contribution in [3.8, 4) is 0 Å². The number of fused-ring (bicyclic) bond motifs is 1. The third kappa shape index (κ3) is 4.34. The molecule has 0 N–H and O–H groups in total. The van der Waals surface area contributed by atoms with Crippen molar-refractivity contribution < 1.29 is 4.79 Å². The second-order valence-electron chi connectivity index (χ2n) is 8.82. The maximum absolute atomic E-state index is 13.0. The van der Waals surface area contributed by atoms with Crippen molar-refractivity contribution in [1.29, 1.82) is 0 Å². The predicted octanol–water partition coefficient (Wildman–Crippen LogP) is 2.41. The minimum atomic E-state index is -0.201. The molecule has 5 rings (SSSR count). The summed E-state index contributed by atoms with van der Waals surface area (Å²) in [4.78, 5) is 31.8. The summed E-state index contributed by atoms with van der Waals surface area (Å²) in [5.41, 5.74) is 2.81. The molecule has 1 saturated heterocycles. The lowest BCUT2D eigenvalue weighted by molar-refractivity contribution is -0.119. The van der Waals surface area contributed by atoms with Crippen molar-refractivity contribution in [3.05, 3.63) is 51.4 Å². The van der Waals surface area contributed by atoms with Crippen LogP contribution in [-0.4, -0.2) is 59.9 Å². The molecule has 1 aliphatic carbocycles. The fourth-order valence-electron chi connectivity index (χ4n) is 4.57. The summed E-state index contributed by atoms with van der Waals surface area (Å²) in [6, 6.07) is 8.20. The molecular weight excluding hydrogens is 414 g/mol. The zero-order valence-corrected chi connectivity index (χ0v) is 18.4. The van der Waals surface area contributed by atoms with E-state index in [4.69, 9.17) is 11.6 Å². The van der Waals surface area contributed by atoms with Gasteiger partial charge in [0.15, 0.2) is 0 Å². The highest BCUT2D eigenvalue weighted by molar-refractivity contribution is 6.33. The smallest absolute Gasteiger partial charge is 0.287 e. The second kappa shape index (κ2) is 8.63. The maximum atomic E-state index is 13.0. The van der Waals surface area contributed by atoms with Gasteiger partial charge in [0.05, 0.1) is 18.4 Å².